The van der Waals surface area contributed by atoms with Gasteiger partial charge in [0.15, 0.2) is 11.6 Å². The summed E-state index contributed by atoms with van der Waals surface area (Å²) in [6.45, 7) is 5.58. The Hall–Kier alpha value is -2.12. The van der Waals surface area contributed by atoms with Crippen LogP contribution in [0.4, 0.5) is 4.39 Å². The standard InChI is InChI=1S/C21H31FN2O4/c1-2-3-10-27-11-4-5-12-28-13-6-9-23-19(25)14-16-15-24-18-8-7-17(22)21(26)20(16)18/h7-8,15,24,26H,2-6,9-14H2,1H3,(H,23,25). The Kier molecular flexibility index (Phi) is 9.79. The molecule has 3 N–H and O–H groups in total. The van der Waals surface area contributed by atoms with Gasteiger partial charge in [-0.3, -0.25) is 4.79 Å². The normalized spacial score (nSPS) is 11.2. The van der Waals surface area contributed by atoms with Gasteiger partial charge in [0.2, 0.25) is 5.91 Å². The summed E-state index contributed by atoms with van der Waals surface area (Å²) < 4.78 is 24.6. The molecule has 0 bridgehead atoms. The van der Waals surface area contributed by atoms with Crippen molar-refractivity contribution in [2.24, 2.45) is 0 Å². The predicted molar refractivity (Wildman–Crippen MR) is 107 cm³/mol. The highest BCUT2D eigenvalue weighted by Crippen LogP contribution is 2.30. The molecule has 28 heavy (non-hydrogen) atoms. The van der Waals surface area contributed by atoms with E-state index in [1.807, 2.05) is 0 Å². The van der Waals surface area contributed by atoms with Gasteiger partial charge in [0.05, 0.1) is 6.42 Å². The fourth-order valence-electron chi connectivity index (χ4n) is 2.88. The van der Waals surface area contributed by atoms with E-state index in [-0.39, 0.29) is 12.3 Å². The molecule has 7 heteroatoms. The van der Waals surface area contributed by atoms with Crippen LogP contribution >= 0.6 is 0 Å². The zero-order valence-corrected chi connectivity index (χ0v) is 16.6. The summed E-state index contributed by atoms with van der Waals surface area (Å²) in [5.74, 6) is -1.29. The first-order valence-electron chi connectivity index (χ1n) is 10.0. The van der Waals surface area contributed by atoms with E-state index >= 15 is 0 Å². The number of aromatic nitrogens is 1. The van der Waals surface area contributed by atoms with Crippen molar-refractivity contribution < 1.29 is 23.8 Å². The van der Waals surface area contributed by atoms with Crippen molar-refractivity contribution in [3.8, 4) is 5.75 Å². The van der Waals surface area contributed by atoms with E-state index in [4.69, 9.17) is 9.47 Å². The summed E-state index contributed by atoms with van der Waals surface area (Å²) in [5.41, 5.74) is 1.17. The predicted octanol–water partition coefficient (Wildman–Crippen LogP) is 3.67. The van der Waals surface area contributed by atoms with Gasteiger partial charge in [0.25, 0.3) is 0 Å². The molecule has 0 aliphatic rings. The fourth-order valence-corrected chi connectivity index (χ4v) is 2.88. The van der Waals surface area contributed by atoms with Gasteiger partial charge in [-0.1, -0.05) is 13.3 Å². The Bertz CT molecular complexity index is 733. The molecule has 0 aliphatic heterocycles. The lowest BCUT2D eigenvalue weighted by Crippen LogP contribution is -2.26. The Balaban J connectivity index is 1.55. The Morgan fingerprint density at radius 3 is 2.50 bits per heavy atom. The van der Waals surface area contributed by atoms with Gasteiger partial charge in [-0.05, 0) is 43.4 Å². The Labute approximate surface area is 165 Å². The van der Waals surface area contributed by atoms with Crippen LogP contribution in [0.15, 0.2) is 18.3 Å². The summed E-state index contributed by atoms with van der Waals surface area (Å²) in [6.07, 6.45) is 6.67. The monoisotopic (exact) mass is 394 g/mol. The Morgan fingerprint density at radius 2 is 1.79 bits per heavy atom. The van der Waals surface area contributed by atoms with Crippen LogP contribution in [0.1, 0.15) is 44.6 Å². The summed E-state index contributed by atoms with van der Waals surface area (Å²) in [5, 5.41) is 13.1. The van der Waals surface area contributed by atoms with E-state index in [2.05, 4.69) is 17.2 Å². The molecule has 0 unspecified atom stereocenters. The molecule has 1 aromatic carbocycles. The summed E-state index contributed by atoms with van der Waals surface area (Å²) in [4.78, 5) is 15.0. The summed E-state index contributed by atoms with van der Waals surface area (Å²) in [7, 11) is 0. The van der Waals surface area contributed by atoms with E-state index in [0.717, 1.165) is 45.3 Å². The van der Waals surface area contributed by atoms with Crippen molar-refractivity contribution >= 4 is 16.8 Å². The zero-order valence-electron chi connectivity index (χ0n) is 16.6. The van der Waals surface area contributed by atoms with Crippen molar-refractivity contribution in [3.63, 3.8) is 0 Å². The number of aromatic amines is 1. The largest absolute Gasteiger partial charge is 0.504 e. The van der Waals surface area contributed by atoms with Gasteiger partial charge in [0, 0.05) is 50.1 Å². The van der Waals surface area contributed by atoms with Gasteiger partial charge in [-0.15, -0.1) is 0 Å². The lowest BCUT2D eigenvalue weighted by molar-refractivity contribution is -0.120. The number of hydrogen-bond donors (Lipinski definition) is 3. The molecule has 1 heterocycles. The van der Waals surface area contributed by atoms with Gasteiger partial charge in [-0.25, -0.2) is 4.39 Å². The number of phenols is 1. The van der Waals surface area contributed by atoms with Crippen molar-refractivity contribution in [2.75, 3.05) is 33.0 Å². The lowest BCUT2D eigenvalue weighted by atomic mass is 10.1. The summed E-state index contributed by atoms with van der Waals surface area (Å²) >= 11 is 0. The highest BCUT2D eigenvalue weighted by Gasteiger charge is 2.14. The van der Waals surface area contributed by atoms with Crippen LogP contribution in [-0.2, 0) is 20.7 Å². The first-order valence-corrected chi connectivity index (χ1v) is 10.0. The number of hydrogen-bond acceptors (Lipinski definition) is 4. The van der Waals surface area contributed by atoms with E-state index < -0.39 is 11.6 Å². The molecule has 0 aliphatic carbocycles. The molecule has 0 saturated heterocycles. The van der Waals surface area contributed by atoms with E-state index in [0.29, 0.717) is 36.2 Å². The average molecular weight is 394 g/mol. The first-order chi connectivity index (χ1) is 13.6. The van der Waals surface area contributed by atoms with Gasteiger partial charge >= 0.3 is 0 Å². The minimum absolute atomic E-state index is 0.0793. The number of amides is 1. The summed E-state index contributed by atoms with van der Waals surface area (Å²) in [6, 6.07) is 2.73. The van der Waals surface area contributed by atoms with E-state index in [9.17, 15) is 14.3 Å². The molecule has 0 atom stereocenters. The number of H-pyrrole nitrogens is 1. The smallest absolute Gasteiger partial charge is 0.224 e. The fraction of sp³-hybridized carbons (Fsp3) is 0.571. The van der Waals surface area contributed by atoms with E-state index in [1.54, 1.807) is 12.3 Å². The number of phenolic OH excluding ortho intramolecular Hbond substituents is 1. The highest BCUT2D eigenvalue weighted by atomic mass is 19.1. The molecule has 0 saturated carbocycles. The third-order valence-corrected chi connectivity index (χ3v) is 4.46. The number of halogens is 1. The minimum atomic E-state index is -0.696. The van der Waals surface area contributed by atoms with Gasteiger partial charge in [-0.2, -0.15) is 0 Å². The molecule has 6 nitrogen and oxygen atoms in total. The minimum Gasteiger partial charge on any atom is -0.504 e. The van der Waals surface area contributed by atoms with E-state index in [1.165, 1.54) is 6.07 Å². The maximum absolute atomic E-state index is 13.5. The number of unbranched alkanes of at least 4 members (excludes halogenated alkanes) is 2. The molecule has 0 fully saturated rings. The second kappa shape index (κ2) is 12.4. The van der Waals surface area contributed by atoms with Crippen LogP contribution in [0.5, 0.6) is 5.75 Å². The van der Waals surface area contributed by atoms with Crippen molar-refractivity contribution in [1.82, 2.24) is 10.3 Å². The van der Waals surface area contributed by atoms with Crippen molar-refractivity contribution in [3.05, 3.63) is 29.7 Å². The van der Waals surface area contributed by atoms with Crippen LogP contribution in [0.2, 0.25) is 0 Å². The van der Waals surface area contributed by atoms with Crippen molar-refractivity contribution in [2.45, 2.75) is 45.4 Å². The van der Waals surface area contributed by atoms with Crippen LogP contribution in [0.25, 0.3) is 10.9 Å². The molecular formula is C21H31FN2O4. The second-order valence-electron chi connectivity index (χ2n) is 6.80. The molecule has 0 spiro atoms. The van der Waals surface area contributed by atoms with Crippen molar-refractivity contribution in [1.29, 1.82) is 0 Å². The van der Waals surface area contributed by atoms with Gasteiger partial charge in [0.1, 0.15) is 0 Å². The maximum Gasteiger partial charge on any atom is 0.224 e. The first kappa shape index (κ1) is 22.2. The number of carbonyl (C=O) groups excluding carboxylic acids is 1. The van der Waals surface area contributed by atoms with Crippen LogP contribution < -0.4 is 5.32 Å². The molecule has 2 aromatic rings. The average Bonchev–Trinajstić information content (AvgIpc) is 3.09. The number of ether oxygens (including phenoxy) is 2. The number of carbonyl (C=O) groups is 1. The van der Waals surface area contributed by atoms with Crippen LogP contribution in [0.3, 0.4) is 0 Å². The molecular weight excluding hydrogens is 363 g/mol. The molecule has 0 radical (unpaired) electrons. The van der Waals surface area contributed by atoms with Crippen LogP contribution in [-0.4, -0.2) is 49.0 Å². The third kappa shape index (κ3) is 7.13. The molecule has 2 rings (SSSR count). The number of fused-ring (bicyclic) bond motifs is 1. The Morgan fingerprint density at radius 1 is 1.11 bits per heavy atom. The number of nitrogens with one attached hydrogen (secondary N) is 2. The number of rotatable bonds is 14. The zero-order chi connectivity index (χ0) is 20.2. The molecule has 1 amide bonds. The second-order valence-corrected chi connectivity index (χ2v) is 6.80. The third-order valence-electron chi connectivity index (χ3n) is 4.46. The molecule has 1 aromatic heterocycles. The lowest BCUT2D eigenvalue weighted by Gasteiger charge is -2.07. The molecule has 156 valence electrons. The number of aromatic hydroxyl groups is 1. The highest BCUT2D eigenvalue weighted by molar-refractivity contribution is 5.93. The van der Waals surface area contributed by atoms with Gasteiger partial charge < -0.3 is 24.9 Å². The topological polar surface area (TPSA) is 83.6 Å². The number of benzene rings is 1. The quantitative estimate of drug-likeness (QED) is 0.427. The van der Waals surface area contributed by atoms with Crippen LogP contribution in [0, 0.1) is 5.82 Å². The SMILES string of the molecule is CCCCOCCCCOCCCNC(=O)Cc1c[nH]c2ccc(F)c(O)c12. The maximum atomic E-state index is 13.5.